The average Bonchev–Trinajstić information content (AvgIpc) is 3.56. The number of aliphatic hydroxyl groups excluding tert-OH is 2. The summed E-state index contributed by atoms with van der Waals surface area (Å²) in [7, 11) is 0. The number of aliphatic hydroxyl groups is 2. The van der Waals surface area contributed by atoms with E-state index in [1.54, 1.807) is 0 Å². The summed E-state index contributed by atoms with van der Waals surface area (Å²) in [6, 6.07) is 0. The van der Waals surface area contributed by atoms with Crippen LogP contribution in [0.2, 0.25) is 0 Å². The van der Waals surface area contributed by atoms with Gasteiger partial charge in [-0.3, -0.25) is 4.79 Å². The van der Waals surface area contributed by atoms with Crippen molar-refractivity contribution in [2.45, 2.75) is 110 Å². The molecular weight excluding hydrogens is 446 g/mol. The van der Waals surface area contributed by atoms with Gasteiger partial charge in [0.05, 0.1) is 12.2 Å². The van der Waals surface area contributed by atoms with Crippen LogP contribution in [-0.2, 0) is 4.79 Å². The second-order valence-corrected chi connectivity index (χ2v) is 14.8. The summed E-state index contributed by atoms with van der Waals surface area (Å²) in [5.74, 6) is 5.72. The lowest BCUT2D eigenvalue weighted by molar-refractivity contribution is -0.174. The summed E-state index contributed by atoms with van der Waals surface area (Å²) < 4.78 is 0. The highest BCUT2D eigenvalue weighted by atomic mass is 16.3. The smallest absolute Gasteiger partial charge is 0.220 e. The summed E-state index contributed by atoms with van der Waals surface area (Å²) in [5, 5.41) is 25.1. The van der Waals surface area contributed by atoms with Crippen LogP contribution in [0.4, 0.5) is 0 Å². The normalized spacial score (nSPS) is 51.9. The molecule has 3 N–H and O–H groups in total. The van der Waals surface area contributed by atoms with Gasteiger partial charge in [0.15, 0.2) is 0 Å². The minimum atomic E-state index is -0.205. The summed E-state index contributed by atoms with van der Waals surface area (Å²) in [6.45, 7) is 8.29. The van der Waals surface area contributed by atoms with Gasteiger partial charge in [0.25, 0.3) is 0 Å². The van der Waals surface area contributed by atoms with Gasteiger partial charge in [-0.05, 0) is 135 Å². The number of allylic oxidation sites excluding steroid dienone is 2. The molecule has 3 unspecified atom stereocenters. The van der Waals surface area contributed by atoms with E-state index in [9.17, 15) is 15.0 Å². The molecule has 0 radical (unpaired) electrons. The molecule has 6 aliphatic rings. The minimum Gasteiger partial charge on any atom is -0.393 e. The molecule has 5 fully saturated rings. The maximum Gasteiger partial charge on any atom is 0.220 e. The number of hydrogen-bond acceptors (Lipinski definition) is 3. The molecule has 13 atom stereocenters. The van der Waals surface area contributed by atoms with Gasteiger partial charge in [-0.25, -0.2) is 0 Å². The second kappa shape index (κ2) is 9.40. The number of rotatable bonds is 6. The predicted molar refractivity (Wildman–Crippen MR) is 143 cm³/mol. The van der Waals surface area contributed by atoms with Crippen molar-refractivity contribution in [2.75, 3.05) is 6.54 Å². The average molecular weight is 498 g/mol. The first-order valence-corrected chi connectivity index (χ1v) is 15.5. The highest BCUT2D eigenvalue weighted by Gasteiger charge is 2.62. The molecule has 4 nitrogen and oxygen atoms in total. The Balaban J connectivity index is 1.06. The molecule has 4 heteroatoms. The van der Waals surface area contributed by atoms with E-state index in [1.807, 2.05) is 0 Å². The van der Waals surface area contributed by atoms with E-state index < -0.39 is 0 Å². The lowest BCUT2D eigenvalue weighted by atomic mass is 9.43. The van der Waals surface area contributed by atoms with Crippen LogP contribution in [0.5, 0.6) is 0 Å². The standard InChI is InChI=1S/C32H51NO3/c1-19(4-9-29(36)33-18-22-15-20-5-6-21(22)14-20)25-7-8-26-30-27(11-13-32(25,26)3)31(2)12-10-24(34)16-23(31)17-28(30)35/h5-6,19-28,30,34-35H,4,7-18H2,1-3H3,(H,33,36)/t19-,20?,21?,22?,23+,24-,25-,26+,27+,28+,30+,31+,32-/m0/s1. The number of carbonyl (C=O) groups excluding carboxylic acids is 1. The van der Waals surface area contributed by atoms with E-state index in [1.165, 1.54) is 38.5 Å². The number of fused-ring (bicyclic) bond motifs is 7. The highest BCUT2D eigenvalue weighted by molar-refractivity contribution is 5.75. The molecule has 6 aliphatic carbocycles. The molecule has 6 rings (SSSR count). The highest BCUT2D eigenvalue weighted by Crippen LogP contribution is 2.68. The van der Waals surface area contributed by atoms with Gasteiger partial charge in [-0.1, -0.05) is 32.9 Å². The lowest BCUT2D eigenvalue weighted by Gasteiger charge is -2.62. The Hall–Kier alpha value is -0.870. The van der Waals surface area contributed by atoms with Crippen molar-refractivity contribution in [3.63, 3.8) is 0 Å². The van der Waals surface area contributed by atoms with Crippen LogP contribution in [0.1, 0.15) is 97.8 Å². The van der Waals surface area contributed by atoms with Gasteiger partial charge < -0.3 is 15.5 Å². The predicted octanol–water partition coefficient (Wildman–Crippen LogP) is 5.72. The SMILES string of the molecule is C[C@@H](CCC(=O)NCC1CC2C=CC1C2)[C@@H]1CC[C@@H]2[C@H]3[C@H](O)C[C@H]4C[C@@H](O)CC[C@@]4(C)[C@@H]3CC[C@]21C. The van der Waals surface area contributed by atoms with Crippen molar-refractivity contribution in [3.05, 3.63) is 12.2 Å². The summed E-state index contributed by atoms with van der Waals surface area (Å²) in [5.41, 5.74) is 0.589. The summed E-state index contributed by atoms with van der Waals surface area (Å²) in [4.78, 5) is 12.7. The van der Waals surface area contributed by atoms with Crippen LogP contribution in [0, 0.1) is 64.1 Å². The molecule has 0 aromatic heterocycles. The van der Waals surface area contributed by atoms with Crippen LogP contribution in [-0.4, -0.2) is 34.9 Å². The largest absolute Gasteiger partial charge is 0.393 e. The molecule has 5 saturated carbocycles. The monoisotopic (exact) mass is 497 g/mol. The van der Waals surface area contributed by atoms with E-state index in [2.05, 4.69) is 38.2 Å². The second-order valence-electron chi connectivity index (χ2n) is 14.8. The Bertz CT molecular complexity index is 871. The molecule has 0 spiro atoms. The molecule has 0 aromatic rings. The molecule has 202 valence electrons. The van der Waals surface area contributed by atoms with Gasteiger partial charge in [0, 0.05) is 13.0 Å². The Labute approximate surface area is 219 Å². The van der Waals surface area contributed by atoms with Crippen molar-refractivity contribution < 1.29 is 15.0 Å². The third kappa shape index (κ3) is 4.12. The van der Waals surface area contributed by atoms with Gasteiger partial charge in [-0.2, -0.15) is 0 Å². The minimum absolute atomic E-state index is 0.167. The Morgan fingerprint density at radius 2 is 1.75 bits per heavy atom. The van der Waals surface area contributed by atoms with Crippen LogP contribution < -0.4 is 5.32 Å². The first-order chi connectivity index (χ1) is 17.2. The zero-order valence-electron chi connectivity index (χ0n) is 23.0. The van der Waals surface area contributed by atoms with Crippen molar-refractivity contribution >= 4 is 5.91 Å². The fourth-order valence-corrected chi connectivity index (χ4v) is 11.2. The number of nitrogens with one attached hydrogen (secondary N) is 1. The van der Waals surface area contributed by atoms with Crippen molar-refractivity contribution in [1.82, 2.24) is 5.32 Å². The van der Waals surface area contributed by atoms with E-state index in [0.29, 0.717) is 64.6 Å². The molecule has 36 heavy (non-hydrogen) atoms. The first kappa shape index (κ1) is 25.4. The zero-order chi connectivity index (χ0) is 25.2. The van der Waals surface area contributed by atoms with Gasteiger partial charge >= 0.3 is 0 Å². The molecule has 0 aromatic carbocycles. The van der Waals surface area contributed by atoms with E-state index in [4.69, 9.17) is 0 Å². The van der Waals surface area contributed by atoms with Crippen LogP contribution in [0.3, 0.4) is 0 Å². The Morgan fingerprint density at radius 1 is 0.972 bits per heavy atom. The van der Waals surface area contributed by atoms with Crippen LogP contribution >= 0.6 is 0 Å². The molecular formula is C32H51NO3. The van der Waals surface area contributed by atoms with Crippen LogP contribution in [0.25, 0.3) is 0 Å². The fourth-order valence-electron chi connectivity index (χ4n) is 11.2. The molecule has 2 bridgehead atoms. The van der Waals surface area contributed by atoms with Crippen molar-refractivity contribution in [3.8, 4) is 0 Å². The van der Waals surface area contributed by atoms with E-state index in [-0.39, 0.29) is 18.1 Å². The summed E-state index contributed by atoms with van der Waals surface area (Å²) >= 11 is 0. The fraction of sp³-hybridized carbons (Fsp3) is 0.906. The van der Waals surface area contributed by atoms with Crippen molar-refractivity contribution in [2.24, 2.45) is 64.1 Å². The van der Waals surface area contributed by atoms with Crippen LogP contribution in [0.15, 0.2) is 12.2 Å². The third-order valence-electron chi connectivity index (χ3n) is 13.2. The molecule has 0 aliphatic heterocycles. The maximum absolute atomic E-state index is 12.7. The number of hydrogen-bond donors (Lipinski definition) is 3. The van der Waals surface area contributed by atoms with E-state index >= 15 is 0 Å². The maximum atomic E-state index is 12.7. The molecule has 0 saturated heterocycles. The van der Waals surface area contributed by atoms with Gasteiger partial charge in [-0.15, -0.1) is 0 Å². The Morgan fingerprint density at radius 3 is 2.50 bits per heavy atom. The van der Waals surface area contributed by atoms with Gasteiger partial charge in [0.1, 0.15) is 0 Å². The topological polar surface area (TPSA) is 69.6 Å². The Kier molecular flexibility index (Phi) is 6.63. The van der Waals surface area contributed by atoms with Gasteiger partial charge in [0.2, 0.25) is 5.91 Å². The lowest BCUT2D eigenvalue weighted by Crippen LogP contribution is -2.58. The quantitative estimate of drug-likeness (QED) is 0.411. The molecule has 1 amide bonds. The number of carbonyl (C=O) groups is 1. The summed E-state index contributed by atoms with van der Waals surface area (Å²) in [6.07, 6.45) is 17.4. The van der Waals surface area contributed by atoms with E-state index in [0.717, 1.165) is 44.6 Å². The van der Waals surface area contributed by atoms with Crippen molar-refractivity contribution in [1.29, 1.82) is 0 Å². The molecule has 0 heterocycles. The zero-order valence-corrected chi connectivity index (χ0v) is 23.0. The third-order valence-corrected chi connectivity index (χ3v) is 13.2. The first-order valence-electron chi connectivity index (χ1n) is 15.5. The number of amides is 1.